The molecule has 3 heteroatoms. The molecular formula is C8H15NO2. The summed E-state index contributed by atoms with van der Waals surface area (Å²) in [6, 6.07) is 0. The van der Waals surface area contributed by atoms with Gasteiger partial charge in [-0.05, 0) is 6.92 Å². The summed E-state index contributed by atoms with van der Waals surface area (Å²) in [6.45, 7) is 3.79. The van der Waals surface area contributed by atoms with E-state index in [2.05, 4.69) is 11.8 Å². The van der Waals surface area contributed by atoms with Crippen molar-refractivity contribution in [2.75, 3.05) is 32.8 Å². The van der Waals surface area contributed by atoms with E-state index < -0.39 is 0 Å². The topological polar surface area (TPSA) is 43.7 Å². The van der Waals surface area contributed by atoms with E-state index in [9.17, 15) is 0 Å². The highest BCUT2D eigenvalue weighted by atomic mass is 16.3. The molecule has 0 aliphatic heterocycles. The summed E-state index contributed by atoms with van der Waals surface area (Å²) in [5, 5.41) is 17.2. The van der Waals surface area contributed by atoms with Crippen LogP contribution < -0.4 is 0 Å². The van der Waals surface area contributed by atoms with Gasteiger partial charge < -0.3 is 10.2 Å². The summed E-state index contributed by atoms with van der Waals surface area (Å²) in [7, 11) is 0. The molecule has 0 aliphatic carbocycles. The zero-order chi connectivity index (χ0) is 8.53. The van der Waals surface area contributed by atoms with Crippen molar-refractivity contribution >= 4 is 0 Å². The third-order valence-corrected chi connectivity index (χ3v) is 1.31. The Morgan fingerprint density at radius 1 is 1.18 bits per heavy atom. The van der Waals surface area contributed by atoms with Crippen LogP contribution in [-0.4, -0.2) is 48.0 Å². The molecule has 0 fully saturated rings. The second kappa shape index (κ2) is 7.55. The van der Waals surface area contributed by atoms with Gasteiger partial charge in [0.1, 0.15) is 0 Å². The van der Waals surface area contributed by atoms with Gasteiger partial charge in [0.15, 0.2) is 0 Å². The molecule has 0 rings (SSSR count). The van der Waals surface area contributed by atoms with Crippen LogP contribution in [-0.2, 0) is 0 Å². The van der Waals surface area contributed by atoms with E-state index in [0.29, 0.717) is 19.6 Å². The molecular weight excluding hydrogens is 142 g/mol. The standard InChI is InChI=1S/C8H15NO2/c1-2-3-4-9(5-7-10)6-8-11/h10-11H,4-8H2,1H3. The molecule has 64 valence electrons. The van der Waals surface area contributed by atoms with Gasteiger partial charge in [-0.1, -0.05) is 5.92 Å². The van der Waals surface area contributed by atoms with Crippen LogP contribution in [0.5, 0.6) is 0 Å². The van der Waals surface area contributed by atoms with Crippen LogP contribution in [0.3, 0.4) is 0 Å². The molecule has 0 unspecified atom stereocenters. The molecule has 0 aromatic rings. The molecule has 0 aromatic carbocycles. The van der Waals surface area contributed by atoms with Crippen molar-refractivity contribution in [1.29, 1.82) is 0 Å². The van der Waals surface area contributed by atoms with Crippen molar-refractivity contribution in [2.24, 2.45) is 0 Å². The molecule has 0 bridgehead atoms. The molecule has 0 saturated heterocycles. The van der Waals surface area contributed by atoms with E-state index in [-0.39, 0.29) is 13.2 Å². The molecule has 2 N–H and O–H groups in total. The van der Waals surface area contributed by atoms with Gasteiger partial charge >= 0.3 is 0 Å². The summed E-state index contributed by atoms with van der Waals surface area (Å²) >= 11 is 0. The lowest BCUT2D eigenvalue weighted by atomic mass is 10.4. The van der Waals surface area contributed by atoms with Crippen LogP contribution in [0, 0.1) is 11.8 Å². The quantitative estimate of drug-likeness (QED) is 0.518. The maximum atomic E-state index is 8.59. The minimum Gasteiger partial charge on any atom is -0.395 e. The van der Waals surface area contributed by atoms with Gasteiger partial charge in [0, 0.05) is 13.1 Å². The van der Waals surface area contributed by atoms with E-state index in [4.69, 9.17) is 10.2 Å². The Kier molecular flexibility index (Phi) is 7.16. The fourth-order valence-corrected chi connectivity index (χ4v) is 0.744. The largest absolute Gasteiger partial charge is 0.395 e. The fourth-order valence-electron chi connectivity index (χ4n) is 0.744. The molecule has 0 amide bonds. The predicted octanol–water partition coefficient (Wildman–Crippen LogP) is -0.704. The summed E-state index contributed by atoms with van der Waals surface area (Å²) in [5.41, 5.74) is 0. The summed E-state index contributed by atoms with van der Waals surface area (Å²) < 4.78 is 0. The highest BCUT2D eigenvalue weighted by Crippen LogP contribution is 1.84. The first-order valence-corrected chi connectivity index (χ1v) is 3.68. The Balaban J connectivity index is 3.56. The second-order valence-corrected chi connectivity index (χ2v) is 2.15. The maximum Gasteiger partial charge on any atom is 0.0603 e. The lowest BCUT2D eigenvalue weighted by molar-refractivity contribution is 0.174. The van der Waals surface area contributed by atoms with Gasteiger partial charge in [-0.25, -0.2) is 0 Å². The van der Waals surface area contributed by atoms with Crippen molar-refractivity contribution in [3.05, 3.63) is 0 Å². The Labute approximate surface area is 67.6 Å². The molecule has 0 aromatic heterocycles. The average molecular weight is 157 g/mol. The van der Waals surface area contributed by atoms with Crippen LogP contribution in [0.4, 0.5) is 0 Å². The number of hydrogen-bond donors (Lipinski definition) is 2. The van der Waals surface area contributed by atoms with E-state index in [1.165, 1.54) is 0 Å². The van der Waals surface area contributed by atoms with E-state index >= 15 is 0 Å². The maximum absolute atomic E-state index is 8.59. The van der Waals surface area contributed by atoms with Crippen molar-refractivity contribution in [1.82, 2.24) is 4.90 Å². The van der Waals surface area contributed by atoms with Gasteiger partial charge in [-0.2, -0.15) is 0 Å². The molecule has 0 saturated carbocycles. The first-order valence-electron chi connectivity index (χ1n) is 3.68. The normalized spacial score (nSPS) is 9.45. The number of nitrogens with zero attached hydrogens (tertiary/aromatic N) is 1. The molecule has 0 heterocycles. The summed E-state index contributed by atoms with van der Waals surface area (Å²) in [6.07, 6.45) is 0. The number of rotatable bonds is 5. The van der Waals surface area contributed by atoms with Crippen LogP contribution >= 0.6 is 0 Å². The van der Waals surface area contributed by atoms with Gasteiger partial charge in [-0.15, -0.1) is 5.92 Å². The average Bonchev–Trinajstić information content (AvgIpc) is 2.01. The van der Waals surface area contributed by atoms with Crippen molar-refractivity contribution < 1.29 is 10.2 Å². The monoisotopic (exact) mass is 157 g/mol. The molecule has 3 nitrogen and oxygen atoms in total. The van der Waals surface area contributed by atoms with Crippen LogP contribution in [0.15, 0.2) is 0 Å². The molecule has 0 aliphatic rings. The third-order valence-electron chi connectivity index (χ3n) is 1.31. The highest BCUT2D eigenvalue weighted by molar-refractivity contribution is 4.97. The van der Waals surface area contributed by atoms with Crippen LogP contribution in [0.2, 0.25) is 0 Å². The van der Waals surface area contributed by atoms with Gasteiger partial charge in [0.05, 0.1) is 19.8 Å². The Bertz CT molecular complexity index is 131. The van der Waals surface area contributed by atoms with Crippen molar-refractivity contribution in [2.45, 2.75) is 6.92 Å². The van der Waals surface area contributed by atoms with E-state index in [0.717, 1.165) is 0 Å². The number of aliphatic hydroxyl groups is 2. The van der Waals surface area contributed by atoms with Gasteiger partial charge in [0.25, 0.3) is 0 Å². The molecule has 0 radical (unpaired) electrons. The third kappa shape index (κ3) is 5.86. The molecule has 11 heavy (non-hydrogen) atoms. The Morgan fingerprint density at radius 2 is 1.73 bits per heavy atom. The number of hydrogen-bond acceptors (Lipinski definition) is 3. The SMILES string of the molecule is CC#CCN(CCO)CCO. The Morgan fingerprint density at radius 3 is 2.09 bits per heavy atom. The number of aliphatic hydroxyl groups excluding tert-OH is 2. The van der Waals surface area contributed by atoms with Gasteiger partial charge in [0.2, 0.25) is 0 Å². The first kappa shape index (κ1) is 10.4. The van der Waals surface area contributed by atoms with E-state index in [1.807, 2.05) is 4.90 Å². The Hall–Kier alpha value is -0.560. The first-order chi connectivity index (χ1) is 5.35. The zero-order valence-corrected chi connectivity index (χ0v) is 6.88. The fraction of sp³-hybridized carbons (Fsp3) is 0.750. The lowest BCUT2D eigenvalue weighted by Crippen LogP contribution is -2.30. The van der Waals surface area contributed by atoms with E-state index in [1.54, 1.807) is 6.92 Å². The minimum atomic E-state index is 0.116. The second-order valence-electron chi connectivity index (χ2n) is 2.15. The molecule has 0 spiro atoms. The predicted molar refractivity (Wildman–Crippen MR) is 44.1 cm³/mol. The summed E-state index contributed by atoms with van der Waals surface area (Å²) in [5.74, 6) is 5.63. The zero-order valence-electron chi connectivity index (χ0n) is 6.88. The smallest absolute Gasteiger partial charge is 0.0603 e. The minimum absolute atomic E-state index is 0.116. The summed E-state index contributed by atoms with van der Waals surface area (Å²) in [4.78, 5) is 1.90. The van der Waals surface area contributed by atoms with Crippen LogP contribution in [0.1, 0.15) is 6.92 Å². The molecule has 0 atom stereocenters. The van der Waals surface area contributed by atoms with Crippen molar-refractivity contribution in [3.8, 4) is 11.8 Å². The van der Waals surface area contributed by atoms with Crippen LogP contribution in [0.25, 0.3) is 0 Å². The van der Waals surface area contributed by atoms with Crippen molar-refractivity contribution in [3.63, 3.8) is 0 Å². The highest BCUT2D eigenvalue weighted by Gasteiger charge is 1.99. The lowest BCUT2D eigenvalue weighted by Gasteiger charge is -2.16. The van der Waals surface area contributed by atoms with Gasteiger partial charge in [-0.3, -0.25) is 4.90 Å².